The molecule has 1 aliphatic heterocycles. The van der Waals surface area contributed by atoms with Gasteiger partial charge in [0.2, 0.25) is 0 Å². The summed E-state index contributed by atoms with van der Waals surface area (Å²) in [6.07, 6.45) is 6.00. The summed E-state index contributed by atoms with van der Waals surface area (Å²) in [5, 5.41) is 0. The molecule has 1 atom stereocenters. The maximum absolute atomic E-state index is 5.72. The van der Waals surface area contributed by atoms with E-state index in [4.69, 9.17) is 18.0 Å². The minimum absolute atomic E-state index is 0.394. The van der Waals surface area contributed by atoms with Crippen LogP contribution in [0.3, 0.4) is 0 Å². The number of pyridine rings is 1. The van der Waals surface area contributed by atoms with Crippen molar-refractivity contribution < 1.29 is 0 Å². The Kier molecular flexibility index (Phi) is 3.85. The van der Waals surface area contributed by atoms with Crippen molar-refractivity contribution in [3.05, 3.63) is 30.1 Å². The van der Waals surface area contributed by atoms with E-state index < -0.39 is 0 Å². The van der Waals surface area contributed by atoms with E-state index in [1.54, 1.807) is 0 Å². The Morgan fingerprint density at radius 1 is 1.50 bits per heavy atom. The lowest BCUT2D eigenvalue weighted by Gasteiger charge is -2.32. The highest BCUT2D eigenvalue weighted by Crippen LogP contribution is 2.18. The first-order valence-electron chi connectivity index (χ1n) is 5.66. The molecule has 16 heavy (non-hydrogen) atoms. The third-order valence-corrected chi connectivity index (χ3v) is 3.40. The first kappa shape index (κ1) is 11.5. The molecule has 0 saturated carbocycles. The zero-order valence-electron chi connectivity index (χ0n) is 9.30. The van der Waals surface area contributed by atoms with Crippen molar-refractivity contribution in [3.8, 4) is 0 Å². The first-order valence-corrected chi connectivity index (χ1v) is 6.07. The summed E-state index contributed by atoms with van der Waals surface area (Å²) in [6, 6.07) is 4.12. The third-order valence-electron chi connectivity index (χ3n) is 3.06. The fraction of sp³-hybridized carbons (Fsp3) is 0.500. The van der Waals surface area contributed by atoms with Crippen LogP contribution in [0.5, 0.6) is 0 Å². The highest BCUT2D eigenvalue weighted by atomic mass is 32.1. The van der Waals surface area contributed by atoms with E-state index in [9.17, 15) is 0 Å². The van der Waals surface area contributed by atoms with E-state index in [-0.39, 0.29) is 0 Å². The molecular weight excluding hydrogens is 218 g/mol. The highest BCUT2D eigenvalue weighted by molar-refractivity contribution is 7.80. The smallest absolute Gasteiger partial charge is 0.0771 e. The largest absolute Gasteiger partial charge is 0.393 e. The van der Waals surface area contributed by atoms with E-state index in [1.165, 1.54) is 12.0 Å². The molecule has 1 aromatic heterocycles. The van der Waals surface area contributed by atoms with Gasteiger partial charge in [-0.1, -0.05) is 12.2 Å². The summed E-state index contributed by atoms with van der Waals surface area (Å²) in [5.74, 6) is 0.394. The Balaban J connectivity index is 1.93. The predicted octanol–water partition coefficient (Wildman–Crippen LogP) is 1.58. The maximum Gasteiger partial charge on any atom is 0.0771 e. The highest BCUT2D eigenvalue weighted by Gasteiger charge is 2.21. The molecule has 2 N–H and O–H groups in total. The van der Waals surface area contributed by atoms with Gasteiger partial charge in [0.25, 0.3) is 0 Å². The number of rotatable bonds is 3. The van der Waals surface area contributed by atoms with E-state index in [2.05, 4.69) is 22.0 Å². The van der Waals surface area contributed by atoms with Crippen LogP contribution < -0.4 is 5.73 Å². The van der Waals surface area contributed by atoms with Gasteiger partial charge in [-0.15, -0.1) is 0 Å². The quantitative estimate of drug-likeness (QED) is 0.808. The number of likely N-dealkylation sites (tertiary alicyclic amines) is 1. The third kappa shape index (κ3) is 3.00. The topological polar surface area (TPSA) is 42.1 Å². The van der Waals surface area contributed by atoms with Crippen molar-refractivity contribution in [2.45, 2.75) is 19.4 Å². The lowest BCUT2D eigenvalue weighted by molar-refractivity contribution is 0.197. The van der Waals surface area contributed by atoms with Gasteiger partial charge in [-0.2, -0.15) is 0 Å². The van der Waals surface area contributed by atoms with Crippen LogP contribution in [0, 0.1) is 5.92 Å². The minimum atomic E-state index is 0.394. The molecule has 0 bridgehead atoms. The molecule has 1 unspecified atom stereocenters. The fourth-order valence-electron chi connectivity index (χ4n) is 2.18. The Morgan fingerprint density at radius 3 is 2.94 bits per heavy atom. The van der Waals surface area contributed by atoms with Crippen LogP contribution in [0.15, 0.2) is 24.5 Å². The normalized spacial score (nSPS) is 21.9. The van der Waals surface area contributed by atoms with Gasteiger partial charge in [0.15, 0.2) is 0 Å². The van der Waals surface area contributed by atoms with Crippen LogP contribution in [0.1, 0.15) is 18.4 Å². The van der Waals surface area contributed by atoms with Gasteiger partial charge < -0.3 is 5.73 Å². The molecule has 0 aliphatic carbocycles. The molecule has 0 amide bonds. The maximum atomic E-state index is 5.72. The zero-order chi connectivity index (χ0) is 11.4. The van der Waals surface area contributed by atoms with Crippen molar-refractivity contribution in [2.24, 2.45) is 11.7 Å². The van der Waals surface area contributed by atoms with Gasteiger partial charge in [-0.25, -0.2) is 0 Å². The van der Waals surface area contributed by atoms with Crippen LogP contribution in [0.2, 0.25) is 0 Å². The SMILES string of the molecule is NC(=S)C1CCCN(Cc2ccncc2)C1. The van der Waals surface area contributed by atoms with Gasteiger partial charge >= 0.3 is 0 Å². The van der Waals surface area contributed by atoms with E-state index in [0.717, 1.165) is 26.1 Å². The number of nitrogens with two attached hydrogens (primary N) is 1. The fourth-order valence-corrected chi connectivity index (χ4v) is 2.37. The molecule has 1 aromatic rings. The molecule has 2 heterocycles. The molecule has 0 aromatic carbocycles. The number of hydrogen-bond donors (Lipinski definition) is 1. The second kappa shape index (κ2) is 5.37. The van der Waals surface area contributed by atoms with E-state index >= 15 is 0 Å². The van der Waals surface area contributed by atoms with Crippen LogP contribution in [-0.2, 0) is 6.54 Å². The summed E-state index contributed by atoms with van der Waals surface area (Å²) in [6.45, 7) is 3.11. The van der Waals surface area contributed by atoms with Crippen LogP contribution in [0.25, 0.3) is 0 Å². The summed E-state index contributed by atoms with van der Waals surface area (Å²) in [5.41, 5.74) is 7.02. The Morgan fingerprint density at radius 2 is 2.25 bits per heavy atom. The first-order chi connectivity index (χ1) is 7.75. The molecular formula is C12H17N3S. The monoisotopic (exact) mass is 235 g/mol. The average Bonchev–Trinajstić information content (AvgIpc) is 2.30. The Labute approximate surface area is 102 Å². The summed E-state index contributed by atoms with van der Waals surface area (Å²) in [7, 11) is 0. The number of thiocarbonyl (C=S) groups is 1. The zero-order valence-corrected chi connectivity index (χ0v) is 10.1. The molecule has 1 fully saturated rings. The molecule has 86 valence electrons. The van der Waals surface area contributed by atoms with Crippen molar-refractivity contribution in [1.82, 2.24) is 9.88 Å². The Hall–Kier alpha value is -1.00. The number of hydrogen-bond acceptors (Lipinski definition) is 3. The second-order valence-electron chi connectivity index (χ2n) is 4.33. The lowest BCUT2D eigenvalue weighted by Crippen LogP contribution is -2.39. The van der Waals surface area contributed by atoms with Crippen molar-refractivity contribution in [3.63, 3.8) is 0 Å². The molecule has 0 radical (unpaired) electrons. The summed E-state index contributed by atoms with van der Waals surface area (Å²) >= 11 is 5.07. The van der Waals surface area contributed by atoms with Gasteiger partial charge in [0, 0.05) is 31.4 Å². The average molecular weight is 235 g/mol. The summed E-state index contributed by atoms with van der Waals surface area (Å²) < 4.78 is 0. The van der Waals surface area contributed by atoms with Gasteiger partial charge in [0.05, 0.1) is 4.99 Å². The molecule has 0 spiro atoms. The molecule has 4 heteroatoms. The minimum Gasteiger partial charge on any atom is -0.393 e. The molecule has 1 aliphatic rings. The number of nitrogens with zero attached hydrogens (tertiary/aromatic N) is 2. The molecule has 2 rings (SSSR count). The lowest BCUT2D eigenvalue weighted by atomic mass is 9.98. The van der Waals surface area contributed by atoms with Crippen molar-refractivity contribution in [1.29, 1.82) is 0 Å². The molecule has 1 saturated heterocycles. The molecule has 3 nitrogen and oxygen atoms in total. The van der Waals surface area contributed by atoms with Crippen LogP contribution in [-0.4, -0.2) is 28.0 Å². The number of piperidine rings is 1. The van der Waals surface area contributed by atoms with Gasteiger partial charge in [-0.3, -0.25) is 9.88 Å². The predicted molar refractivity (Wildman–Crippen MR) is 69.0 cm³/mol. The van der Waals surface area contributed by atoms with Gasteiger partial charge in [0.1, 0.15) is 0 Å². The van der Waals surface area contributed by atoms with E-state index in [0.29, 0.717) is 10.9 Å². The standard InChI is InChI=1S/C12H17N3S/c13-12(16)11-2-1-7-15(9-11)8-10-3-5-14-6-4-10/h3-6,11H,1-2,7-9H2,(H2,13,16). The van der Waals surface area contributed by atoms with Crippen LogP contribution in [0.4, 0.5) is 0 Å². The summed E-state index contributed by atoms with van der Waals surface area (Å²) in [4.78, 5) is 7.11. The van der Waals surface area contributed by atoms with Crippen molar-refractivity contribution >= 4 is 17.2 Å². The Bertz CT molecular complexity index is 353. The van der Waals surface area contributed by atoms with Crippen LogP contribution >= 0.6 is 12.2 Å². The second-order valence-corrected chi connectivity index (χ2v) is 4.80. The van der Waals surface area contributed by atoms with Crippen molar-refractivity contribution in [2.75, 3.05) is 13.1 Å². The number of aromatic nitrogens is 1. The van der Waals surface area contributed by atoms with E-state index in [1.807, 2.05) is 12.4 Å². The van der Waals surface area contributed by atoms with Gasteiger partial charge in [-0.05, 0) is 37.1 Å².